The minimum Gasteiger partial charge on any atom is -0.346 e. The Morgan fingerprint density at radius 2 is 1.83 bits per heavy atom. The van der Waals surface area contributed by atoms with Gasteiger partial charge in [-0.2, -0.15) is 0 Å². The summed E-state index contributed by atoms with van der Waals surface area (Å²) in [5.74, 6) is -0.677. The molecule has 4 nitrogen and oxygen atoms in total. The van der Waals surface area contributed by atoms with Gasteiger partial charge in [0.15, 0.2) is 0 Å². The Labute approximate surface area is 149 Å². The van der Waals surface area contributed by atoms with E-state index in [0.717, 1.165) is 41.7 Å². The van der Waals surface area contributed by atoms with Crippen LogP contribution in [-0.4, -0.2) is 75.3 Å². The molecular formula is C18H29ClFN3O+2. The smallest absolute Gasteiger partial charge is 0.251 e. The van der Waals surface area contributed by atoms with Gasteiger partial charge in [-0.15, -0.1) is 0 Å². The minimum absolute atomic E-state index is 0.266. The number of quaternary nitrogens is 2. The van der Waals surface area contributed by atoms with Crippen molar-refractivity contribution >= 4 is 17.5 Å². The van der Waals surface area contributed by atoms with Crippen LogP contribution in [0, 0.1) is 5.82 Å². The van der Waals surface area contributed by atoms with Crippen LogP contribution in [0.1, 0.15) is 22.8 Å². The zero-order valence-electron chi connectivity index (χ0n) is 15.2. The van der Waals surface area contributed by atoms with Crippen molar-refractivity contribution in [1.82, 2.24) is 5.32 Å². The standard InChI is InChI=1S/C18H28ClFN3O/c1-5-15-16(19)12-14(13-17(15)20)18(24)21-6-7-23(4)10-8-22(2,3)9-11-23/h12-13H,5-11H2,1-4H3/q+1/p+1. The van der Waals surface area contributed by atoms with E-state index in [9.17, 15) is 9.18 Å². The number of benzene rings is 1. The molecule has 0 unspecified atom stereocenters. The Morgan fingerprint density at radius 1 is 1.21 bits per heavy atom. The first-order valence-electron chi connectivity index (χ1n) is 8.57. The van der Waals surface area contributed by atoms with Gasteiger partial charge in [0.2, 0.25) is 0 Å². The summed E-state index contributed by atoms with van der Waals surface area (Å²) >= 11 is 6.06. The van der Waals surface area contributed by atoms with Crippen LogP contribution in [0.15, 0.2) is 12.1 Å². The van der Waals surface area contributed by atoms with E-state index in [-0.39, 0.29) is 11.5 Å². The summed E-state index contributed by atoms with van der Waals surface area (Å²) in [6.45, 7) is 7.80. The number of halogens is 2. The second kappa shape index (κ2) is 7.38. The molecule has 1 aliphatic heterocycles. The van der Waals surface area contributed by atoms with Crippen molar-refractivity contribution in [2.75, 3.05) is 60.4 Å². The summed E-state index contributed by atoms with van der Waals surface area (Å²) in [7, 11) is 6.74. The van der Waals surface area contributed by atoms with Crippen molar-refractivity contribution in [2.45, 2.75) is 13.3 Å². The molecule has 0 saturated carbocycles. The van der Waals surface area contributed by atoms with Gasteiger partial charge >= 0.3 is 0 Å². The van der Waals surface area contributed by atoms with E-state index in [1.807, 2.05) is 6.92 Å². The number of carbonyl (C=O) groups excluding carboxylic acids is 1. The molecule has 0 spiro atoms. The minimum atomic E-state index is -0.412. The quantitative estimate of drug-likeness (QED) is 0.805. The van der Waals surface area contributed by atoms with E-state index in [1.54, 1.807) is 6.07 Å². The summed E-state index contributed by atoms with van der Waals surface area (Å²) < 4.78 is 16.0. The van der Waals surface area contributed by atoms with Crippen LogP contribution in [0.5, 0.6) is 0 Å². The first-order valence-corrected chi connectivity index (χ1v) is 8.95. The lowest BCUT2D eigenvalue weighted by Crippen LogP contribution is -2.63. The fourth-order valence-corrected chi connectivity index (χ4v) is 3.43. The highest BCUT2D eigenvalue weighted by molar-refractivity contribution is 6.31. The summed E-state index contributed by atoms with van der Waals surface area (Å²) in [6, 6.07) is 2.83. The first-order chi connectivity index (χ1) is 11.2. The summed E-state index contributed by atoms with van der Waals surface area (Å²) in [5.41, 5.74) is 0.745. The number of carbonyl (C=O) groups is 1. The van der Waals surface area contributed by atoms with E-state index in [0.29, 0.717) is 23.6 Å². The molecule has 1 amide bonds. The number of nitrogens with one attached hydrogen (secondary N) is 1. The van der Waals surface area contributed by atoms with Gasteiger partial charge in [-0.05, 0) is 18.6 Å². The van der Waals surface area contributed by atoms with Crippen molar-refractivity contribution in [1.29, 1.82) is 0 Å². The van der Waals surface area contributed by atoms with Gasteiger partial charge in [0.25, 0.3) is 5.91 Å². The summed E-state index contributed by atoms with van der Waals surface area (Å²) in [4.78, 5) is 12.3. The van der Waals surface area contributed by atoms with Gasteiger partial charge in [0.05, 0.1) is 34.2 Å². The fourth-order valence-electron chi connectivity index (χ4n) is 3.08. The van der Waals surface area contributed by atoms with E-state index in [1.165, 1.54) is 6.07 Å². The van der Waals surface area contributed by atoms with E-state index < -0.39 is 5.82 Å². The molecule has 134 valence electrons. The van der Waals surface area contributed by atoms with E-state index >= 15 is 0 Å². The van der Waals surface area contributed by atoms with E-state index in [2.05, 4.69) is 26.5 Å². The predicted molar refractivity (Wildman–Crippen MR) is 95.7 cm³/mol. The van der Waals surface area contributed by atoms with Crippen molar-refractivity contribution in [3.63, 3.8) is 0 Å². The molecule has 1 saturated heterocycles. The Balaban J connectivity index is 1.90. The Kier molecular flexibility index (Phi) is 5.89. The van der Waals surface area contributed by atoms with Crippen molar-refractivity contribution in [2.24, 2.45) is 0 Å². The molecular weight excluding hydrogens is 329 g/mol. The predicted octanol–water partition coefficient (Wildman–Crippen LogP) is 2.31. The van der Waals surface area contributed by atoms with Crippen LogP contribution in [0.3, 0.4) is 0 Å². The largest absolute Gasteiger partial charge is 0.346 e. The lowest BCUT2D eigenvalue weighted by atomic mass is 10.1. The second-order valence-corrected chi connectivity index (χ2v) is 8.11. The molecule has 24 heavy (non-hydrogen) atoms. The topological polar surface area (TPSA) is 29.1 Å². The molecule has 1 aromatic rings. The molecule has 0 aliphatic carbocycles. The highest BCUT2D eigenvalue weighted by atomic mass is 35.5. The maximum absolute atomic E-state index is 13.9. The summed E-state index contributed by atoms with van der Waals surface area (Å²) in [5, 5.41) is 3.22. The highest BCUT2D eigenvalue weighted by Gasteiger charge is 2.34. The maximum Gasteiger partial charge on any atom is 0.251 e. The van der Waals surface area contributed by atoms with Crippen molar-refractivity contribution in [3.8, 4) is 0 Å². The zero-order chi connectivity index (χ0) is 18.0. The normalized spacial score (nSPS) is 19.1. The Hall–Kier alpha value is -1.17. The van der Waals surface area contributed by atoms with Crippen LogP contribution in [0.2, 0.25) is 5.02 Å². The number of amides is 1. The molecule has 1 aromatic carbocycles. The van der Waals surface area contributed by atoms with E-state index in [4.69, 9.17) is 11.6 Å². The van der Waals surface area contributed by atoms with Crippen LogP contribution in [0.4, 0.5) is 4.39 Å². The highest BCUT2D eigenvalue weighted by Crippen LogP contribution is 2.22. The molecule has 2 rings (SSSR count). The van der Waals surface area contributed by atoms with Gasteiger partial charge < -0.3 is 14.3 Å². The van der Waals surface area contributed by atoms with Crippen LogP contribution in [-0.2, 0) is 6.42 Å². The third-order valence-corrected chi connectivity index (χ3v) is 5.52. The number of piperazine rings is 1. The van der Waals surface area contributed by atoms with Gasteiger partial charge in [-0.25, -0.2) is 4.39 Å². The molecule has 1 heterocycles. The third kappa shape index (κ3) is 4.68. The lowest BCUT2D eigenvalue weighted by Gasteiger charge is -2.44. The molecule has 0 radical (unpaired) electrons. The number of rotatable bonds is 5. The summed E-state index contributed by atoms with van der Waals surface area (Å²) in [6.07, 6.45) is 0.511. The number of nitrogens with zero attached hydrogens (tertiary/aromatic N) is 2. The average Bonchev–Trinajstić information content (AvgIpc) is 2.50. The van der Waals surface area contributed by atoms with Crippen LogP contribution in [0.25, 0.3) is 0 Å². The second-order valence-electron chi connectivity index (χ2n) is 7.70. The molecule has 0 atom stereocenters. The first kappa shape index (κ1) is 19.2. The zero-order valence-corrected chi connectivity index (χ0v) is 15.9. The maximum atomic E-state index is 13.9. The van der Waals surface area contributed by atoms with Gasteiger partial charge in [-0.1, -0.05) is 18.5 Å². The number of hydrogen-bond donors (Lipinski definition) is 1. The lowest BCUT2D eigenvalue weighted by molar-refractivity contribution is -1.01. The molecule has 1 fully saturated rings. The molecule has 6 heteroatoms. The molecule has 1 aliphatic rings. The van der Waals surface area contributed by atoms with Gasteiger partial charge in [-0.3, -0.25) is 4.79 Å². The van der Waals surface area contributed by atoms with Gasteiger partial charge in [0.1, 0.15) is 32.0 Å². The monoisotopic (exact) mass is 357 g/mol. The Bertz CT molecular complexity index is 585. The van der Waals surface area contributed by atoms with Crippen molar-refractivity contribution in [3.05, 3.63) is 34.1 Å². The average molecular weight is 358 g/mol. The number of hydrogen-bond acceptors (Lipinski definition) is 1. The van der Waals surface area contributed by atoms with Crippen LogP contribution >= 0.6 is 11.6 Å². The fraction of sp³-hybridized carbons (Fsp3) is 0.611. The molecule has 0 aromatic heterocycles. The number of likely N-dealkylation sites (N-methyl/N-ethyl adjacent to an activating group) is 2. The van der Waals surface area contributed by atoms with Gasteiger partial charge in [0, 0.05) is 16.1 Å². The molecule has 0 bridgehead atoms. The molecule has 1 N–H and O–H groups in total. The SMILES string of the molecule is CCc1c(F)cc(C(=O)NCC[N+]2(C)CC[N+](C)(C)CC2)cc1Cl. The third-order valence-electron chi connectivity index (χ3n) is 5.18. The Morgan fingerprint density at radius 3 is 2.38 bits per heavy atom. The van der Waals surface area contributed by atoms with Crippen LogP contribution < -0.4 is 5.32 Å². The van der Waals surface area contributed by atoms with Crippen molar-refractivity contribution < 1.29 is 18.2 Å².